The van der Waals surface area contributed by atoms with Crippen LogP contribution in [-0.2, 0) is 0 Å². The standard InChI is InChI=1S/C17H12N2O/c1-11-3-2-4-13(7-11)17-15(10-20)14-8-12(9-18)5-6-16(14)19-17/h2-8,10,19H,1H3. The van der Waals surface area contributed by atoms with E-state index in [4.69, 9.17) is 5.26 Å². The second-order valence-corrected chi connectivity index (χ2v) is 4.77. The molecule has 96 valence electrons. The Morgan fingerprint density at radius 2 is 2.05 bits per heavy atom. The fourth-order valence-electron chi connectivity index (χ4n) is 2.43. The molecule has 1 aromatic heterocycles. The van der Waals surface area contributed by atoms with Gasteiger partial charge in [0.25, 0.3) is 0 Å². The van der Waals surface area contributed by atoms with Gasteiger partial charge in [0.05, 0.1) is 17.3 Å². The fourth-order valence-corrected chi connectivity index (χ4v) is 2.43. The number of carbonyl (C=O) groups excluding carboxylic acids is 1. The Kier molecular flexibility index (Phi) is 2.85. The van der Waals surface area contributed by atoms with Crippen LogP contribution in [0.1, 0.15) is 21.5 Å². The van der Waals surface area contributed by atoms with Crippen molar-refractivity contribution in [3.05, 3.63) is 59.2 Å². The van der Waals surface area contributed by atoms with E-state index in [0.29, 0.717) is 11.1 Å². The van der Waals surface area contributed by atoms with Gasteiger partial charge in [-0.2, -0.15) is 5.26 Å². The van der Waals surface area contributed by atoms with Crippen LogP contribution in [0.25, 0.3) is 22.2 Å². The molecule has 3 aromatic rings. The lowest BCUT2D eigenvalue weighted by Crippen LogP contribution is -1.85. The van der Waals surface area contributed by atoms with E-state index in [1.807, 2.05) is 37.3 Å². The Labute approximate surface area is 116 Å². The number of rotatable bonds is 2. The van der Waals surface area contributed by atoms with Crippen molar-refractivity contribution in [3.63, 3.8) is 0 Å². The Morgan fingerprint density at radius 1 is 1.20 bits per heavy atom. The van der Waals surface area contributed by atoms with Gasteiger partial charge in [0.15, 0.2) is 6.29 Å². The zero-order chi connectivity index (χ0) is 14.1. The average molecular weight is 260 g/mol. The van der Waals surface area contributed by atoms with Gasteiger partial charge >= 0.3 is 0 Å². The summed E-state index contributed by atoms with van der Waals surface area (Å²) in [5.41, 5.74) is 4.92. The van der Waals surface area contributed by atoms with Crippen molar-refractivity contribution < 1.29 is 4.79 Å². The van der Waals surface area contributed by atoms with Gasteiger partial charge in [-0.3, -0.25) is 4.79 Å². The minimum atomic E-state index is 0.551. The first-order chi connectivity index (χ1) is 9.72. The number of aromatic amines is 1. The number of hydrogen-bond acceptors (Lipinski definition) is 2. The van der Waals surface area contributed by atoms with Crippen molar-refractivity contribution in [2.24, 2.45) is 0 Å². The normalized spacial score (nSPS) is 10.4. The molecule has 0 aliphatic heterocycles. The van der Waals surface area contributed by atoms with E-state index in [9.17, 15) is 4.79 Å². The molecule has 0 unspecified atom stereocenters. The number of aryl methyl sites for hydroxylation is 1. The molecule has 0 saturated heterocycles. The van der Waals surface area contributed by atoms with E-state index in [0.717, 1.165) is 34.0 Å². The second kappa shape index (κ2) is 4.67. The van der Waals surface area contributed by atoms with Gasteiger partial charge in [-0.15, -0.1) is 0 Å². The lowest BCUT2D eigenvalue weighted by Gasteiger charge is -2.01. The van der Waals surface area contributed by atoms with E-state index in [2.05, 4.69) is 11.1 Å². The Balaban J connectivity index is 2.31. The summed E-state index contributed by atoms with van der Waals surface area (Å²) in [5, 5.41) is 9.76. The third-order valence-electron chi connectivity index (χ3n) is 3.39. The quantitative estimate of drug-likeness (QED) is 0.712. The summed E-state index contributed by atoms with van der Waals surface area (Å²) >= 11 is 0. The molecule has 0 aliphatic carbocycles. The molecule has 1 N–H and O–H groups in total. The summed E-state index contributed by atoms with van der Waals surface area (Å²) < 4.78 is 0. The second-order valence-electron chi connectivity index (χ2n) is 4.77. The first-order valence-electron chi connectivity index (χ1n) is 6.31. The molecule has 0 amide bonds. The molecule has 0 saturated carbocycles. The van der Waals surface area contributed by atoms with E-state index in [1.54, 1.807) is 12.1 Å². The van der Waals surface area contributed by atoms with Gasteiger partial charge in [0.2, 0.25) is 0 Å². The minimum Gasteiger partial charge on any atom is -0.354 e. The maximum atomic E-state index is 11.5. The molecule has 0 bridgehead atoms. The van der Waals surface area contributed by atoms with Gasteiger partial charge in [0, 0.05) is 16.5 Å². The predicted molar refractivity (Wildman–Crippen MR) is 78.6 cm³/mol. The van der Waals surface area contributed by atoms with Crippen molar-refractivity contribution in [2.45, 2.75) is 6.92 Å². The monoisotopic (exact) mass is 260 g/mol. The summed E-state index contributed by atoms with van der Waals surface area (Å²) in [5.74, 6) is 0. The molecule has 0 fully saturated rings. The number of nitrogens with zero attached hydrogens (tertiary/aromatic N) is 1. The number of benzene rings is 2. The Bertz CT molecular complexity index is 853. The van der Waals surface area contributed by atoms with Crippen molar-refractivity contribution in [3.8, 4) is 17.3 Å². The topological polar surface area (TPSA) is 56.6 Å². The highest BCUT2D eigenvalue weighted by molar-refractivity contribution is 6.04. The van der Waals surface area contributed by atoms with Crippen LogP contribution in [0.5, 0.6) is 0 Å². The lowest BCUT2D eigenvalue weighted by atomic mass is 10.0. The molecular formula is C17H12N2O. The van der Waals surface area contributed by atoms with E-state index in [-0.39, 0.29) is 0 Å². The molecule has 0 spiro atoms. The van der Waals surface area contributed by atoms with Gasteiger partial charge in [-0.25, -0.2) is 0 Å². The van der Waals surface area contributed by atoms with Gasteiger partial charge < -0.3 is 4.98 Å². The van der Waals surface area contributed by atoms with Crippen LogP contribution in [0.15, 0.2) is 42.5 Å². The zero-order valence-corrected chi connectivity index (χ0v) is 11.0. The smallest absolute Gasteiger partial charge is 0.152 e. The summed E-state index contributed by atoms with van der Waals surface area (Å²) in [4.78, 5) is 14.7. The van der Waals surface area contributed by atoms with Crippen molar-refractivity contribution in [1.82, 2.24) is 4.98 Å². The number of nitrogens with one attached hydrogen (secondary N) is 1. The van der Waals surface area contributed by atoms with Crippen LogP contribution in [0, 0.1) is 18.3 Å². The molecule has 1 heterocycles. The van der Waals surface area contributed by atoms with Crippen LogP contribution in [0.2, 0.25) is 0 Å². The van der Waals surface area contributed by atoms with E-state index in [1.165, 1.54) is 0 Å². The number of hydrogen-bond donors (Lipinski definition) is 1. The molecule has 0 aliphatic rings. The molecule has 2 aromatic carbocycles. The van der Waals surface area contributed by atoms with Crippen LogP contribution < -0.4 is 0 Å². The SMILES string of the molecule is Cc1cccc(-c2[nH]c3ccc(C#N)cc3c2C=O)c1. The first-order valence-corrected chi connectivity index (χ1v) is 6.31. The van der Waals surface area contributed by atoms with Crippen LogP contribution in [0.3, 0.4) is 0 Å². The number of carbonyl (C=O) groups is 1. The third kappa shape index (κ3) is 1.88. The molecule has 0 radical (unpaired) electrons. The summed E-state index contributed by atoms with van der Waals surface area (Å²) in [6.07, 6.45) is 0.845. The Morgan fingerprint density at radius 3 is 2.75 bits per heavy atom. The minimum absolute atomic E-state index is 0.551. The Hall–Kier alpha value is -2.86. The van der Waals surface area contributed by atoms with Crippen LogP contribution in [0.4, 0.5) is 0 Å². The zero-order valence-electron chi connectivity index (χ0n) is 11.0. The first kappa shape index (κ1) is 12.2. The third-order valence-corrected chi connectivity index (χ3v) is 3.39. The predicted octanol–water partition coefficient (Wildman–Crippen LogP) is 3.83. The van der Waals surface area contributed by atoms with Crippen LogP contribution >= 0.6 is 0 Å². The van der Waals surface area contributed by atoms with Crippen molar-refractivity contribution >= 4 is 17.2 Å². The molecule has 3 heteroatoms. The summed E-state index contributed by atoms with van der Waals surface area (Å²) in [6, 6.07) is 15.4. The van der Waals surface area contributed by atoms with Crippen molar-refractivity contribution in [1.29, 1.82) is 5.26 Å². The molecule has 0 atom stereocenters. The molecule has 3 rings (SSSR count). The van der Waals surface area contributed by atoms with Gasteiger partial charge in [0.1, 0.15) is 0 Å². The van der Waals surface area contributed by atoms with E-state index >= 15 is 0 Å². The van der Waals surface area contributed by atoms with Gasteiger partial charge in [-0.05, 0) is 36.8 Å². The molecular weight excluding hydrogens is 248 g/mol. The molecule has 3 nitrogen and oxygen atoms in total. The number of H-pyrrole nitrogens is 1. The van der Waals surface area contributed by atoms with Crippen molar-refractivity contribution in [2.75, 3.05) is 0 Å². The largest absolute Gasteiger partial charge is 0.354 e. The average Bonchev–Trinajstić information content (AvgIpc) is 2.84. The maximum Gasteiger partial charge on any atom is 0.152 e. The summed E-state index contributed by atoms with van der Waals surface area (Å²) in [7, 11) is 0. The fraction of sp³-hybridized carbons (Fsp3) is 0.0588. The van der Waals surface area contributed by atoms with Gasteiger partial charge in [-0.1, -0.05) is 23.8 Å². The van der Waals surface area contributed by atoms with E-state index < -0.39 is 0 Å². The number of fused-ring (bicyclic) bond motifs is 1. The number of nitriles is 1. The highest BCUT2D eigenvalue weighted by Crippen LogP contribution is 2.30. The lowest BCUT2D eigenvalue weighted by molar-refractivity contribution is 0.112. The summed E-state index contributed by atoms with van der Waals surface area (Å²) in [6.45, 7) is 2.01. The maximum absolute atomic E-state index is 11.5. The van der Waals surface area contributed by atoms with Crippen LogP contribution in [-0.4, -0.2) is 11.3 Å². The highest BCUT2D eigenvalue weighted by Gasteiger charge is 2.13. The molecule has 20 heavy (non-hydrogen) atoms. The highest BCUT2D eigenvalue weighted by atomic mass is 16.1. The number of aldehydes is 1. The number of aromatic nitrogens is 1.